The van der Waals surface area contributed by atoms with E-state index < -0.39 is 6.10 Å². The molecule has 7 nitrogen and oxygen atoms in total. The van der Waals surface area contributed by atoms with E-state index in [1.54, 1.807) is 13.3 Å². The molecule has 2 heterocycles. The standard InChI is InChI=1S/C19H22N4O3/c1-11-17(14-5-3-4-6-16(14)26-11)19(25)20-9-13-7-12(8-15(13)24)18-22-21-10-23(18)2/h3-6,10,12-13,15,24H,7-9H2,1-2H3,(H,20,25)/t12-,13+,15+/m0/s1. The predicted octanol–water partition coefficient (Wildman–Crippen LogP) is 2.15. The maximum absolute atomic E-state index is 12.7. The number of rotatable bonds is 4. The van der Waals surface area contributed by atoms with Gasteiger partial charge in [-0.2, -0.15) is 0 Å². The Bertz CT molecular complexity index is 945. The van der Waals surface area contributed by atoms with Gasteiger partial charge in [0.2, 0.25) is 0 Å². The topological polar surface area (TPSA) is 93.2 Å². The first-order valence-electron chi connectivity index (χ1n) is 8.83. The Morgan fingerprint density at radius 2 is 2.19 bits per heavy atom. The zero-order valence-electron chi connectivity index (χ0n) is 14.8. The first-order valence-corrected chi connectivity index (χ1v) is 8.83. The van der Waals surface area contributed by atoms with Gasteiger partial charge in [-0.1, -0.05) is 18.2 Å². The maximum atomic E-state index is 12.7. The average molecular weight is 354 g/mol. The third kappa shape index (κ3) is 2.88. The predicted molar refractivity (Wildman–Crippen MR) is 95.8 cm³/mol. The van der Waals surface area contributed by atoms with E-state index in [4.69, 9.17) is 4.42 Å². The van der Waals surface area contributed by atoms with E-state index in [-0.39, 0.29) is 17.7 Å². The number of aliphatic hydroxyl groups excluding tert-OH is 1. The van der Waals surface area contributed by atoms with Crippen LogP contribution in [-0.2, 0) is 7.05 Å². The molecule has 0 saturated heterocycles. The molecule has 0 aliphatic heterocycles. The van der Waals surface area contributed by atoms with Crippen LogP contribution in [-0.4, -0.2) is 38.4 Å². The fourth-order valence-corrected chi connectivity index (χ4v) is 3.96. The summed E-state index contributed by atoms with van der Waals surface area (Å²) in [4.78, 5) is 12.7. The molecule has 3 aromatic rings. The monoisotopic (exact) mass is 354 g/mol. The van der Waals surface area contributed by atoms with Gasteiger partial charge in [-0.25, -0.2) is 0 Å². The number of amides is 1. The van der Waals surface area contributed by atoms with E-state index in [1.165, 1.54) is 0 Å². The van der Waals surface area contributed by atoms with Crippen molar-refractivity contribution >= 4 is 16.9 Å². The van der Waals surface area contributed by atoms with Gasteiger partial charge in [0.25, 0.3) is 5.91 Å². The number of aryl methyl sites for hydroxylation is 2. The first-order chi connectivity index (χ1) is 12.5. The number of hydrogen-bond acceptors (Lipinski definition) is 5. The molecule has 26 heavy (non-hydrogen) atoms. The highest BCUT2D eigenvalue weighted by molar-refractivity contribution is 6.07. The van der Waals surface area contributed by atoms with Gasteiger partial charge in [0.1, 0.15) is 23.5 Å². The third-order valence-electron chi connectivity index (χ3n) is 5.29. The van der Waals surface area contributed by atoms with Gasteiger partial charge in [0.05, 0.1) is 11.7 Å². The molecular weight excluding hydrogens is 332 g/mol. The van der Waals surface area contributed by atoms with Crippen LogP contribution in [0.1, 0.15) is 40.7 Å². The summed E-state index contributed by atoms with van der Waals surface area (Å²) in [5, 5.41) is 22.2. The molecule has 1 amide bonds. The van der Waals surface area contributed by atoms with Crippen LogP contribution < -0.4 is 5.32 Å². The van der Waals surface area contributed by atoms with Crippen LogP contribution in [0.5, 0.6) is 0 Å². The first kappa shape index (κ1) is 16.8. The lowest BCUT2D eigenvalue weighted by molar-refractivity contribution is 0.0916. The molecule has 1 aromatic carbocycles. The van der Waals surface area contributed by atoms with Crippen molar-refractivity contribution in [3.8, 4) is 0 Å². The van der Waals surface area contributed by atoms with E-state index in [9.17, 15) is 9.90 Å². The molecule has 0 spiro atoms. The fourth-order valence-electron chi connectivity index (χ4n) is 3.96. The van der Waals surface area contributed by atoms with E-state index in [2.05, 4.69) is 15.5 Å². The second-order valence-corrected chi connectivity index (χ2v) is 7.04. The number of aromatic nitrogens is 3. The van der Waals surface area contributed by atoms with Gasteiger partial charge >= 0.3 is 0 Å². The second-order valence-electron chi connectivity index (χ2n) is 7.04. The molecule has 1 aliphatic rings. The molecule has 0 unspecified atom stereocenters. The number of furan rings is 1. The summed E-state index contributed by atoms with van der Waals surface area (Å²) in [5.74, 6) is 1.49. The van der Waals surface area contributed by atoms with Crippen LogP contribution in [0, 0.1) is 12.8 Å². The van der Waals surface area contributed by atoms with Crippen molar-refractivity contribution < 1.29 is 14.3 Å². The Labute approximate surface area is 151 Å². The summed E-state index contributed by atoms with van der Waals surface area (Å²) in [5.41, 5.74) is 1.27. The van der Waals surface area contributed by atoms with Gasteiger partial charge < -0.3 is 19.4 Å². The van der Waals surface area contributed by atoms with Crippen molar-refractivity contribution in [3.05, 3.63) is 47.7 Å². The van der Waals surface area contributed by atoms with Crippen molar-refractivity contribution in [2.45, 2.75) is 31.8 Å². The van der Waals surface area contributed by atoms with E-state index in [0.29, 0.717) is 29.9 Å². The maximum Gasteiger partial charge on any atom is 0.255 e. The number of nitrogens with one attached hydrogen (secondary N) is 1. The quantitative estimate of drug-likeness (QED) is 0.749. The number of para-hydroxylation sites is 1. The van der Waals surface area contributed by atoms with Crippen LogP contribution in [0.25, 0.3) is 11.0 Å². The number of nitrogens with zero attached hydrogens (tertiary/aromatic N) is 3. The van der Waals surface area contributed by atoms with Gasteiger partial charge in [0, 0.05) is 30.8 Å². The highest BCUT2D eigenvalue weighted by atomic mass is 16.3. The number of carbonyl (C=O) groups is 1. The van der Waals surface area contributed by atoms with E-state index >= 15 is 0 Å². The highest BCUT2D eigenvalue weighted by Crippen LogP contribution is 2.37. The SMILES string of the molecule is Cc1oc2ccccc2c1C(=O)NC[C@H]1C[C@H](c2nncn2C)C[C@H]1O. The minimum absolute atomic E-state index is 0.000814. The van der Waals surface area contributed by atoms with Gasteiger partial charge in [0.15, 0.2) is 0 Å². The van der Waals surface area contributed by atoms with Crippen molar-refractivity contribution in [1.82, 2.24) is 20.1 Å². The van der Waals surface area contributed by atoms with E-state index in [0.717, 1.165) is 17.6 Å². The number of benzene rings is 1. The lowest BCUT2D eigenvalue weighted by Gasteiger charge is -2.15. The Kier molecular flexibility index (Phi) is 4.24. The average Bonchev–Trinajstić information content (AvgIpc) is 3.29. The van der Waals surface area contributed by atoms with Crippen LogP contribution in [0.3, 0.4) is 0 Å². The smallest absolute Gasteiger partial charge is 0.255 e. The summed E-state index contributed by atoms with van der Waals surface area (Å²) in [6.45, 7) is 2.22. The minimum atomic E-state index is -0.459. The molecule has 2 N–H and O–H groups in total. The number of carbonyl (C=O) groups excluding carboxylic acids is 1. The lowest BCUT2D eigenvalue weighted by atomic mass is 10.0. The van der Waals surface area contributed by atoms with Crippen LogP contribution in [0.4, 0.5) is 0 Å². The molecule has 0 radical (unpaired) electrons. The summed E-state index contributed by atoms with van der Waals surface area (Å²) in [7, 11) is 1.91. The summed E-state index contributed by atoms with van der Waals surface area (Å²) in [6.07, 6.45) is 2.63. The van der Waals surface area contributed by atoms with Crippen molar-refractivity contribution in [3.63, 3.8) is 0 Å². The normalized spacial score (nSPS) is 22.8. The Morgan fingerprint density at radius 1 is 1.38 bits per heavy atom. The molecule has 1 fully saturated rings. The van der Waals surface area contributed by atoms with Gasteiger partial charge in [-0.05, 0) is 25.8 Å². The minimum Gasteiger partial charge on any atom is -0.461 e. The van der Waals surface area contributed by atoms with Crippen molar-refractivity contribution in [1.29, 1.82) is 0 Å². The number of fused-ring (bicyclic) bond motifs is 1. The summed E-state index contributed by atoms with van der Waals surface area (Å²) >= 11 is 0. The Morgan fingerprint density at radius 3 is 2.96 bits per heavy atom. The van der Waals surface area contributed by atoms with Crippen LogP contribution >= 0.6 is 0 Å². The summed E-state index contributed by atoms with van der Waals surface area (Å²) in [6, 6.07) is 7.51. The molecule has 1 saturated carbocycles. The molecule has 4 rings (SSSR count). The molecule has 136 valence electrons. The molecule has 7 heteroatoms. The molecule has 2 aromatic heterocycles. The van der Waals surface area contributed by atoms with Crippen LogP contribution in [0.15, 0.2) is 35.0 Å². The molecule has 3 atom stereocenters. The van der Waals surface area contributed by atoms with E-state index in [1.807, 2.05) is 35.9 Å². The zero-order chi connectivity index (χ0) is 18.3. The lowest BCUT2D eigenvalue weighted by Crippen LogP contribution is -2.32. The second kappa shape index (κ2) is 6.57. The highest BCUT2D eigenvalue weighted by Gasteiger charge is 2.36. The van der Waals surface area contributed by atoms with Gasteiger partial charge in [-0.3, -0.25) is 4.79 Å². The molecule has 1 aliphatic carbocycles. The van der Waals surface area contributed by atoms with Crippen molar-refractivity contribution in [2.75, 3.05) is 6.54 Å². The Hall–Kier alpha value is -2.67. The largest absolute Gasteiger partial charge is 0.461 e. The van der Waals surface area contributed by atoms with Crippen LogP contribution in [0.2, 0.25) is 0 Å². The zero-order valence-corrected chi connectivity index (χ0v) is 14.8. The third-order valence-corrected chi connectivity index (χ3v) is 5.29. The number of hydrogen-bond donors (Lipinski definition) is 2. The summed E-state index contributed by atoms with van der Waals surface area (Å²) < 4.78 is 7.55. The fraction of sp³-hybridized carbons (Fsp3) is 0.421. The van der Waals surface area contributed by atoms with Gasteiger partial charge in [-0.15, -0.1) is 10.2 Å². The van der Waals surface area contributed by atoms with Crippen molar-refractivity contribution in [2.24, 2.45) is 13.0 Å². The number of aliphatic hydroxyl groups is 1. The molecule has 0 bridgehead atoms. The Balaban J connectivity index is 1.44. The molecular formula is C19H22N4O3.